The van der Waals surface area contributed by atoms with Crippen molar-refractivity contribution in [2.45, 2.75) is 31.5 Å². The molecule has 0 unspecified atom stereocenters. The minimum absolute atomic E-state index is 0.338. The quantitative estimate of drug-likeness (QED) is 0.684. The summed E-state index contributed by atoms with van der Waals surface area (Å²) in [5, 5.41) is 11.0. The predicted molar refractivity (Wildman–Crippen MR) is 73.3 cm³/mol. The Kier molecular flexibility index (Phi) is 3.00. The molecule has 2 heterocycles. The van der Waals surface area contributed by atoms with Gasteiger partial charge in [-0.1, -0.05) is 11.6 Å². The Hall–Kier alpha value is -1.17. The molecule has 1 saturated carbocycles. The zero-order chi connectivity index (χ0) is 13.6. The molecule has 1 aliphatic carbocycles. The summed E-state index contributed by atoms with van der Waals surface area (Å²) in [6, 6.07) is 5.58. The third kappa shape index (κ3) is 2.22. The first-order valence-electron chi connectivity index (χ1n) is 5.93. The number of aromatic nitrogens is 1. The van der Waals surface area contributed by atoms with Crippen molar-refractivity contribution in [2.75, 3.05) is 0 Å². The number of hydrogen-bond acceptors (Lipinski definition) is 5. The van der Waals surface area contributed by atoms with Gasteiger partial charge in [0.2, 0.25) is 0 Å². The minimum Gasteiger partial charge on any atom is -0.453 e. The highest BCUT2D eigenvalue weighted by atomic mass is 35.5. The van der Waals surface area contributed by atoms with Crippen LogP contribution < -0.4 is 0 Å². The third-order valence-corrected chi connectivity index (χ3v) is 4.71. The fourth-order valence-corrected chi connectivity index (χ4v) is 3.81. The maximum absolute atomic E-state index is 11.3. The molecule has 2 aromatic rings. The van der Waals surface area contributed by atoms with Gasteiger partial charge in [-0.15, -0.1) is 11.3 Å². The molecule has 0 radical (unpaired) electrons. The number of esters is 1. The van der Waals surface area contributed by atoms with Crippen LogP contribution in [0.3, 0.4) is 0 Å². The average molecular weight is 298 g/mol. The molecule has 0 spiro atoms. The largest absolute Gasteiger partial charge is 0.453 e. The Balaban J connectivity index is 2.03. The van der Waals surface area contributed by atoms with Crippen molar-refractivity contribution in [1.82, 2.24) is 4.98 Å². The average Bonchev–Trinajstić information content (AvgIpc) is 2.68. The zero-order valence-electron chi connectivity index (χ0n) is 10.2. The van der Waals surface area contributed by atoms with Crippen LogP contribution in [0.25, 0.3) is 10.2 Å². The molecule has 100 valence electrons. The van der Waals surface area contributed by atoms with Crippen molar-refractivity contribution in [3.05, 3.63) is 28.2 Å². The van der Waals surface area contributed by atoms with E-state index in [1.165, 1.54) is 18.3 Å². The maximum Gasteiger partial charge on any atom is 0.303 e. The molecule has 4 nitrogen and oxygen atoms in total. The number of carbonyl (C=O) groups is 1. The standard InChI is InChI=1S/C13H12ClNO3S/c1-7(16)18-13(5-9(17)6-13)10-4-8-2-3-11(14)15-12(8)19-10/h2-4,9,17H,5-6H2,1H3. The lowest BCUT2D eigenvalue weighted by Crippen LogP contribution is -2.47. The van der Waals surface area contributed by atoms with Gasteiger partial charge >= 0.3 is 5.97 Å². The van der Waals surface area contributed by atoms with Gasteiger partial charge in [0.15, 0.2) is 5.60 Å². The van der Waals surface area contributed by atoms with Crippen LogP contribution in [-0.4, -0.2) is 22.2 Å². The van der Waals surface area contributed by atoms with E-state index in [0.29, 0.717) is 18.0 Å². The van der Waals surface area contributed by atoms with Crippen LogP contribution in [0.1, 0.15) is 24.6 Å². The van der Waals surface area contributed by atoms with Crippen LogP contribution in [-0.2, 0) is 15.1 Å². The Labute approximate surface area is 119 Å². The van der Waals surface area contributed by atoms with E-state index in [-0.39, 0.29) is 5.97 Å². The van der Waals surface area contributed by atoms with Crippen LogP contribution in [0.15, 0.2) is 18.2 Å². The van der Waals surface area contributed by atoms with Crippen LogP contribution in [0, 0.1) is 0 Å². The van der Waals surface area contributed by atoms with E-state index in [0.717, 1.165) is 15.1 Å². The summed E-state index contributed by atoms with van der Waals surface area (Å²) in [6.45, 7) is 1.38. The summed E-state index contributed by atoms with van der Waals surface area (Å²) in [7, 11) is 0. The van der Waals surface area contributed by atoms with E-state index >= 15 is 0 Å². The van der Waals surface area contributed by atoms with Crippen molar-refractivity contribution in [3.8, 4) is 0 Å². The fourth-order valence-electron chi connectivity index (χ4n) is 2.43. The number of nitrogens with zero attached hydrogens (tertiary/aromatic N) is 1. The molecule has 6 heteroatoms. The van der Waals surface area contributed by atoms with Gasteiger partial charge in [0.1, 0.15) is 9.98 Å². The van der Waals surface area contributed by atoms with Gasteiger partial charge in [0.25, 0.3) is 0 Å². The Morgan fingerprint density at radius 3 is 2.95 bits per heavy atom. The molecule has 0 saturated heterocycles. The van der Waals surface area contributed by atoms with E-state index < -0.39 is 11.7 Å². The van der Waals surface area contributed by atoms with Gasteiger partial charge in [-0.25, -0.2) is 4.98 Å². The van der Waals surface area contributed by atoms with Crippen molar-refractivity contribution in [3.63, 3.8) is 0 Å². The van der Waals surface area contributed by atoms with E-state index in [4.69, 9.17) is 16.3 Å². The molecule has 3 rings (SSSR count). The van der Waals surface area contributed by atoms with Gasteiger partial charge in [-0.05, 0) is 18.2 Å². The molecule has 1 fully saturated rings. The van der Waals surface area contributed by atoms with Crippen molar-refractivity contribution in [2.24, 2.45) is 0 Å². The molecule has 0 atom stereocenters. The van der Waals surface area contributed by atoms with E-state index in [2.05, 4.69) is 4.98 Å². The van der Waals surface area contributed by atoms with Crippen LogP contribution in [0.4, 0.5) is 0 Å². The predicted octanol–water partition coefficient (Wildman–Crippen LogP) is 2.86. The lowest BCUT2D eigenvalue weighted by atomic mass is 9.76. The van der Waals surface area contributed by atoms with Crippen molar-refractivity contribution < 1.29 is 14.6 Å². The number of aliphatic hydroxyl groups is 1. The van der Waals surface area contributed by atoms with Gasteiger partial charge in [0.05, 0.1) is 11.0 Å². The summed E-state index contributed by atoms with van der Waals surface area (Å²) in [4.78, 5) is 17.2. The lowest BCUT2D eigenvalue weighted by molar-refractivity contribution is -0.183. The second kappa shape index (κ2) is 4.44. The SMILES string of the molecule is CC(=O)OC1(c2cc3ccc(Cl)nc3s2)CC(O)C1. The smallest absolute Gasteiger partial charge is 0.303 e. The highest BCUT2D eigenvalue weighted by molar-refractivity contribution is 7.18. The Bertz CT molecular complexity index is 648. The third-order valence-electron chi connectivity index (χ3n) is 3.27. The first kappa shape index (κ1) is 12.8. The first-order chi connectivity index (χ1) is 8.98. The topological polar surface area (TPSA) is 59.4 Å². The number of carbonyl (C=O) groups excluding carboxylic acids is 1. The molecule has 0 bridgehead atoms. The van der Waals surface area contributed by atoms with Crippen molar-refractivity contribution in [1.29, 1.82) is 0 Å². The molecule has 1 aliphatic rings. The monoisotopic (exact) mass is 297 g/mol. The normalized spacial score (nSPS) is 26.2. The van der Waals surface area contributed by atoms with Gasteiger partial charge in [0, 0.05) is 25.2 Å². The number of pyridine rings is 1. The molecule has 0 amide bonds. The number of ether oxygens (including phenoxy) is 1. The second-order valence-electron chi connectivity index (χ2n) is 4.79. The van der Waals surface area contributed by atoms with E-state index in [1.54, 1.807) is 6.07 Å². The minimum atomic E-state index is -0.691. The number of thiophene rings is 1. The number of halogens is 1. The lowest BCUT2D eigenvalue weighted by Gasteiger charge is -2.43. The van der Waals surface area contributed by atoms with Gasteiger partial charge in [-0.3, -0.25) is 4.79 Å². The maximum atomic E-state index is 11.3. The number of rotatable bonds is 2. The van der Waals surface area contributed by atoms with Crippen LogP contribution in [0.2, 0.25) is 5.15 Å². The summed E-state index contributed by atoms with van der Waals surface area (Å²) in [5.74, 6) is -0.338. The van der Waals surface area contributed by atoms with E-state index in [1.807, 2.05) is 12.1 Å². The van der Waals surface area contributed by atoms with Gasteiger partial charge < -0.3 is 9.84 Å². The number of aliphatic hydroxyl groups excluding tert-OH is 1. The summed E-state index contributed by atoms with van der Waals surface area (Å²) >= 11 is 7.32. The Morgan fingerprint density at radius 1 is 1.58 bits per heavy atom. The molecule has 19 heavy (non-hydrogen) atoms. The molecule has 1 N–H and O–H groups in total. The van der Waals surface area contributed by atoms with Gasteiger partial charge in [-0.2, -0.15) is 0 Å². The fraction of sp³-hybridized carbons (Fsp3) is 0.385. The molecule has 0 aliphatic heterocycles. The highest BCUT2D eigenvalue weighted by Crippen LogP contribution is 2.48. The molecular weight excluding hydrogens is 286 g/mol. The van der Waals surface area contributed by atoms with E-state index in [9.17, 15) is 9.90 Å². The molecule has 0 aromatic carbocycles. The second-order valence-corrected chi connectivity index (χ2v) is 6.21. The number of hydrogen-bond donors (Lipinski definition) is 1. The van der Waals surface area contributed by atoms with Crippen LogP contribution >= 0.6 is 22.9 Å². The highest BCUT2D eigenvalue weighted by Gasteiger charge is 2.49. The zero-order valence-corrected chi connectivity index (χ0v) is 11.8. The molecule has 2 aromatic heterocycles. The summed E-state index contributed by atoms with van der Waals surface area (Å²) in [5.41, 5.74) is -0.691. The summed E-state index contributed by atoms with van der Waals surface area (Å²) < 4.78 is 5.44. The van der Waals surface area contributed by atoms with Crippen molar-refractivity contribution >= 4 is 39.1 Å². The summed E-state index contributed by atoms with van der Waals surface area (Å²) in [6.07, 6.45) is 0.460. The molecular formula is C13H12ClNO3S. The first-order valence-corrected chi connectivity index (χ1v) is 7.12. The number of fused-ring (bicyclic) bond motifs is 1. The van der Waals surface area contributed by atoms with Crippen LogP contribution in [0.5, 0.6) is 0 Å². The Morgan fingerprint density at radius 2 is 2.32 bits per heavy atom.